The smallest absolute Gasteiger partial charge is 0.306 e. The molecule has 0 aliphatic heterocycles. The first-order chi connectivity index (χ1) is 21.6. The van der Waals surface area contributed by atoms with Gasteiger partial charge in [0.05, 0.1) is 13.2 Å². The molecule has 2 atom stereocenters. The van der Waals surface area contributed by atoms with E-state index >= 15 is 0 Å². The quantitative estimate of drug-likeness (QED) is 0.0518. The molecule has 0 aliphatic carbocycles. The standard InChI is InChI=1S/C39H76O5/c1-5-9-13-16-18-19-21-24-30-38(40)43-34-37(29-25-26-32-42-31-12-8-4)35-44-39(41)33-36(27-22-15-11-7-3)28-23-20-17-14-10-6-2/h36-37H,5-35H2,1-4H3. The SMILES string of the molecule is CCCCCCCCCCC(=O)OCC(CCCCOCCCC)COC(=O)CC(CCCCCC)CCCCCCCC. The highest BCUT2D eigenvalue weighted by atomic mass is 16.5. The maximum Gasteiger partial charge on any atom is 0.306 e. The zero-order valence-corrected chi connectivity index (χ0v) is 30.1. The third kappa shape index (κ3) is 30.9. The fourth-order valence-corrected chi connectivity index (χ4v) is 5.81. The van der Waals surface area contributed by atoms with Crippen LogP contribution in [0.5, 0.6) is 0 Å². The lowest BCUT2D eigenvalue weighted by molar-refractivity contribution is -0.150. The Morgan fingerprint density at radius 2 is 0.841 bits per heavy atom. The van der Waals surface area contributed by atoms with Crippen molar-refractivity contribution in [2.24, 2.45) is 11.8 Å². The molecule has 0 radical (unpaired) electrons. The van der Waals surface area contributed by atoms with Gasteiger partial charge in [-0.05, 0) is 44.4 Å². The zero-order valence-electron chi connectivity index (χ0n) is 30.1. The van der Waals surface area contributed by atoms with Gasteiger partial charge in [-0.15, -0.1) is 0 Å². The van der Waals surface area contributed by atoms with Gasteiger partial charge in [-0.25, -0.2) is 0 Å². The first-order valence-electron chi connectivity index (χ1n) is 19.5. The third-order valence-electron chi connectivity index (χ3n) is 8.87. The number of esters is 2. The second-order valence-corrected chi connectivity index (χ2v) is 13.4. The molecule has 0 spiro atoms. The van der Waals surface area contributed by atoms with Crippen molar-refractivity contribution >= 4 is 11.9 Å². The van der Waals surface area contributed by atoms with Gasteiger partial charge in [-0.1, -0.05) is 150 Å². The van der Waals surface area contributed by atoms with Crippen molar-refractivity contribution in [3.8, 4) is 0 Å². The molecular formula is C39H76O5. The van der Waals surface area contributed by atoms with E-state index in [1.165, 1.54) is 103 Å². The average Bonchev–Trinajstić information content (AvgIpc) is 3.02. The molecule has 44 heavy (non-hydrogen) atoms. The Kier molecular flexibility index (Phi) is 33.9. The van der Waals surface area contributed by atoms with E-state index < -0.39 is 0 Å². The number of carbonyl (C=O) groups excluding carboxylic acids is 2. The Labute approximate surface area is 274 Å². The normalized spacial score (nSPS) is 12.7. The molecule has 0 rings (SSSR count). The first kappa shape index (κ1) is 42.9. The summed E-state index contributed by atoms with van der Waals surface area (Å²) in [5.41, 5.74) is 0. The molecule has 0 aromatic heterocycles. The van der Waals surface area contributed by atoms with Crippen molar-refractivity contribution in [1.29, 1.82) is 0 Å². The van der Waals surface area contributed by atoms with Crippen LogP contribution in [-0.4, -0.2) is 38.4 Å². The summed E-state index contributed by atoms with van der Waals surface area (Å²) in [7, 11) is 0. The van der Waals surface area contributed by atoms with Crippen molar-refractivity contribution in [3.63, 3.8) is 0 Å². The van der Waals surface area contributed by atoms with Crippen LogP contribution in [-0.2, 0) is 23.8 Å². The Bertz CT molecular complexity index is 607. The maximum atomic E-state index is 13.0. The fourth-order valence-electron chi connectivity index (χ4n) is 5.81. The van der Waals surface area contributed by atoms with Crippen molar-refractivity contribution in [1.82, 2.24) is 0 Å². The topological polar surface area (TPSA) is 61.8 Å². The highest BCUT2D eigenvalue weighted by Crippen LogP contribution is 2.23. The van der Waals surface area contributed by atoms with E-state index in [1.54, 1.807) is 0 Å². The zero-order chi connectivity index (χ0) is 32.4. The van der Waals surface area contributed by atoms with E-state index in [-0.39, 0.29) is 17.9 Å². The molecule has 0 saturated heterocycles. The Morgan fingerprint density at radius 3 is 1.41 bits per heavy atom. The fraction of sp³-hybridized carbons (Fsp3) is 0.949. The summed E-state index contributed by atoms with van der Waals surface area (Å²) in [6.07, 6.45) is 30.8. The summed E-state index contributed by atoms with van der Waals surface area (Å²) < 4.78 is 17.3. The van der Waals surface area contributed by atoms with E-state index in [2.05, 4.69) is 27.7 Å². The molecule has 0 aromatic rings. The van der Waals surface area contributed by atoms with Gasteiger partial charge in [0.2, 0.25) is 0 Å². The van der Waals surface area contributed by atoms with Gasteiger partial charge in [0.25, 0.3) is 0 Å². The average molecular weight is 625 g/mol. The molecule has 0 heterocycles. The van der Waals surface area contributed by atoms with Crippen LogP contribution in [0.1, 0.15) is 201 Å². The number of ether oxygens (including phenoxy) is 3. The van der Waals surface area contributed by atoms with Gasteiger partial charge >= 0.3 is 11.9 Å². The molecule has 2 unspecified atom stereocenters. The molecule has 0 bridgehead atoms. The lowest BCUT2D eigenvalue weighted by Gasteiger charge is -2.20. The molecule has 0 amide bonds. The number of unbranched alkanes of at least 4 members (excludes halogenated alkanes) is 17. The van der Waals surface area contributed by atoms with Gasteiger partial charge in [0.15, 0.2) is 0 Å². The van der Waals surface area contributed by atoms with E-state index in [0.717, 1.165) is 71.0 Å². The third-order valence-corrected chi connectivity index (χ3v) is 8.87. The lowest BCUT2D eigenvalue weighted by Crippen LogP contribution is -2.22. The predicted octanol–water partition coefficient (Wildman–Crippen LogP) is 11.9. The summed E-state index contributed by atoms with van der Waals surface area (Å²) in [6, 6.07) is 0. The van der Waals surface area contributed by atoms with Crippen LogP contribution in [0.3, 0.4) is 0 Å². The monoisotopic (exact) mass is 625 g/mol. The summed E-state index contributed by atoms with van der Waals surface area (Å²) in [5.74, 6) is 0.295. The van der Waals surface area contributed by atoms with Gasteiger partial charge in [0.1, 0.15) is 0 Å². The molecular weight excluding hydrogens is 548 g/mol. The van der Waals surface area contributed by atoms with E-state index in [0.29, 0.717) is 32.0 Å². The van der Waals surface area contributed by atoms with E-state index in [9.17, 15) is 9.59 Å². The molecule has 0 aromatic carbocycles. The molecule has 262 valence electrons. The maximum absolute atomic E-state index is 13.0. The van der Waals surface area contributed by atoms with Crippen LogP contribution >= 0.6 is 0 Å². The molecule has 5 nitrogen and oxygen atoms in total. The van der Waals surface area contributed by atoms with Crippen LogP contribution in [0.25, 0.3) is 0 Å². The lowest BCUT2D eigenvalue weighted by atomic mass is 9.91. The highest BCUT2D eigenvalue weighted by Gasteiger charge is 2.18. The Balaban J connectivity index is 4.64. The summed E-state index contributed by atoms with van der Waals surface area (Å²) in [6.45, 7) is 11.2. The summed E-state index contributed by atoms with van der Waals surface area (Å²) in [4.78, 5) is 25.4. The first-order valence-corrected chi connectivity index (χ1v) is 19.5. The number of rotatable bonds is 35. The van der Waals surface area contributed by atoms with E-state index in [1.807, 2.05) is 0 Å². The minimum absolute atomic E-state index is 0.0543. The van der Waals surface area contributed by atoms with Gasteiger partial charge in [-0.2, -0.15) is 0 Å². The van der Waals surface area contributed by atoms with Gasteiger partial charge in [-0.3, -0.25) is 9.59 Å². The Hall–Kier alpha value is -1.10. The summed E-state index contributed by atoms with van der Waals surface area (Å²) >= 11 is 0. The predicted molar refractivity (Wildman–Crippen MR) is 187 cm³/mol. The van der Waals surface area contributed by atoms with Crippen LogP contribution in [0.4, 0.5) is 0 Å². The van der Waals surface area contributed by atoms with Crippen LogP contribution in [0, 0.1) is 11.8 Å². The molecule has 0 aliphatic rings. The van der Waals surface area contributed by atoms with Crippen molar-refractivity contribution in [2.45, 2.75) is 201 Å². The molecule has 5 heteroatoms. The number of carbonyl (C=O) groups is 2. The largest absolute Gasteiger partial charge is 0.465 e. The Morgan fingerprint density at radius 1 is 0.432 bits per heavy atom. The van der Waals surface area contributed by atoms with Crippen molar-refractivity contribution < 1.29 is 23.8 Å². The van der Waals surface area contributed by atoms with Crippen LogP contribution in [0.2, 0.25) is 0 Å². The van der Waals surface area contributed by atoms with Crippen molar-refractivity contribution in [2.75, 3.05) is 26.4 Å². The van der Waals surface area contributed by atoms with Gasteiger partial charge in [0, 0.05) is 32.0 Å². The second kappa shape index (κ2) is 34.8. The number of hydrogen-bond acceptors (Lipinski definition) is 5. The van der Waals surface area contributed by atoms with E-state index in [4.69, 9.17) is 14.2 Å². The molecule has 0 saturated carbocycles. The molecule has 0 fully saturated rings. The van der Waals surface area contributed by atoms with Crippen LogP contribution < -0.4 is 0 Å². The molecule has 0 N–H and O–H groups in total. The number of hydrogen-bond donors (Lipinski definition) is 0. The van der Waals surface area contributed by atoms with Crippen molar-refractivity contribution in [3.05, 3.63) is 0 Å². The second-order valence-electron chi connectivity index (χ2n) is 13.4. The van der Waals surface area contributed by atoms with Gasteiger partial charge < -0.3 is 14.2 Å². The van der Waals surface area contributed by atoms with Crippen LogP contribution in [0.15, 0.2) is 0 Å². The summed E-state index contributed by atoms with van der Waals surface area (Å²) in [5, 5.41) is 0. The highest BCUT2D eigenvalue weighted by molar-refractivity contribution is 5.70. The minimum atomic E-state index is -0.110. The minimum Gasteiger partial charge on any atom is -0.465 e.